The highest BCUT2D eigenvalue weighted by Crippen LogP contribution is 2.13. The summed E-state index contributed by atoms with van der Waals surface area (Å²) in [7, 11) is 3.27. The van der Waals surface area contributed by atoms with E-state index in [2.05, 4.69) is 5.32 Å². The van der Waals surface area contributed by atoms with Gasteiger partial charge in [0.1, 0.15) is 5.75 Å². The van der Waals surface area contributed by atoms with E-state index in [9.17, 15) is 14.4 Å². The van der Waals surface area contributed by atoms with Crippen molar-refractivity contribution in [3.05, 3.63) is 65.2 Å². The lowest BCUT2D eigenvalue weighted by atomic mass is 10.1. The zero-order valence-corrected chi connectivity index (χ0v) is 15.1. The molecule has 0 unspecified atom stereocenters. The summed E-state index contributed by atoms with van der Waals surface area (Å²) in [5.74, 6) is 0.197. The van der Waals surface area contributed by atoms with Crippen LogP contribution in [0.4, 0.5) is 0 Å². The molecular formula is C20H22N2O4. The fourth-order valence-corrected chi connectivity index (χ4v) is 2.31. The van der Waals surface area contributed by atoms with Crippen LogP contribution in [-0.2, 0) is 11.3 Å². The van der Waals surface area contributed by atoms with Crippen LogP contribution in [0.2, 0.25) is 0 Å². The zero-order chi connectivity index (χ0) is 19.1. The Morgan fingerprint density at radius 2 is 1.54 bits per heavy atom. The number of ether oxygens (including phenoxy) is 1. The molecule has 0 fully saturated rings. The molecule has 0 radical (unpaired) electrons. The average molecular weight is 354 g/mol. The van der Waals surface area contributed by atoms with Crippen molar-refractivity contribution in [2.45, 2.75) is 13.5 Å². The van der Waals surface area contributed by atoms with Gasteiger partial charge in [-0.05, 0) is 48.9 Å². The van der Waals surface area contributed by atoms with E-state index in [-0.39, 0.29) is 24.2 Å². The summed E-state index contributed by atoms with van der Waals surface area (Å²) in [5, 5.41) is 2.56. The van der Waals surface area contributed by atoms with Gasteiger partial charge in [-0.1, -0.05) is 12.1 Å². The van der Waals surface area contributed by atoms with E-state index in [1.165, 1.54) is 6.92 Å². The van der Waals surface area contributed by atoms with Crippen LogP contribution in [0.5, 0.6) is 5.75 Å². The monoisotopic (exact) mass is 354 g/mol. The summed E-state index contributed by atoms with van der Waals surface area (Å²) in [6.45, 7) is 1.82. The molecule has 0 aromatic heterocycles. The highest BCUT2D eigenvalue weighted by molar-refractivity contribution is 5.94. The molecule has 6 heteroatoms. The fraction of sp³-hybridized carbons (Fsp3) is 0.250. The first-order valence-corrected chi connectivity index (χ1v) is 8.19. The first-order chi connectivity index (χ1) is 12.4. The number of nitrogens with zero attached hydrogens (tertiary/aromatic N) is 1. The molecule has 0 aliphatic heterocycles. The molecule has 2 amide bonds. The van der Waals surface area contributed by atoms with E-state index in [0.717, 1.165) is 5.56 Å². The van der Waals surface area contributed by atoms with E-state index in [4.69, 9.17) is 4.74 Å². The highest BCUT2D eigenvalue weighted by atomic mass is 16.5. The maximum absolute atomic E-state index is 12.2. The average Bonchev–Trinajstić information content (AvgIpc) is 2.66. The van der Waals surface area contributed by atoms with Gasteiger partial charge >= 0.3 is 0 Å². The summed E-state index contributed by atoms with van der Waals surface area (Å²) in [6, 6.07) is 13.7. The van der Waals surface area contributed by atoms with Crippen molar-refractivity contribution in [1.29, 1.82) is 0 Å². The number of rotatable bonds is 7. The van der Waals surface area contributed by atoms with Crippen LogP contribution < -0.4 is 10.1 Å². The van der Waals surface area contributed by atoms with E-state index in [1.54, 1.807) is 55.4 Å². The van der Waals surface area contributed by atoms with Crippen LogP contribution in [0, 0.1) is 0 Å². The number of carbonyl (C=O) groups excluding carboxylic acids is 3. The minimum Gasteiger partial charge on any atom is -0.484 e. The van der Waals surface area contributed by atoms with Gasteiger partial charge in [0.2, 0.25) is 0 Å². The van der Waals surface area contributed by atoms with Crippen LogP contribution in [0.25, 0.3) is 0 Å². The number of ketones is 1. The molecule has 0 bridgehead atoms. The van der Waals surface area contributed by atoms with Crippen molar-refractivity contribution in [1.82, 2.24) is 10.2 Å². The molecule has 0 atom stereocenters. The van der Waals surface area contributed by atoms with Gasteiger partial charge in [-0.3, -0.25) is 14.4 Å². The van der Waals surface area contributed by atoms with E-state index >= 15 is 0 Å². The second-order valence-electron chi connectivity index (χ2n) is 5.90. The molecule has 2 rings (SSSR count). The number of nitrogens with one attached hydrogen (secondary N) is 1. The fourth-order valence-electron chi connectivity index (χ4n) is 2.31. The number of carbonyl (C=O) groups is 3. The van der Waals surface area contributed by atoms with Gasteiger partial charge in [-0.15, -0.1) is 0 Å². The molecule has 0 heterocycles. The van der Waals surface area contributed by atoms with Crippen molar-refractivity contribution >= 4 is 17.6 Å². The van der Waals surface area contributed by atoms with E-state index in [0.29, 0.717) is 23.4 Å². The third-order valence-electron chi connectivity index (χ3n) is 3.91. The molecule has 0 saturated heterocycles. The lowest BCUT2D eigenvalue weighted by Crippen LogP contribution is -2.31. The van der Waals surface area contributed by atoms with Gasteiger partial charge in [0, 0.05) is 31.8 Å². The normalized spacial score (nSPS) is 10.1. The molecule has 1 N–H and O–H groups in total. The largest absolute Gasteiger partial charge is 0.484 e. The van der Waals surface area contributed by atoms with Crippen LogP contribution >= 0.6 is 0 Å². The lowest BCUT2D eigenvalue weighted by Gasteiger charge is -2.18. The molecule has 2 aromatic carbocycles. The van der Waals surface area contributed by atoms with Crippen molar-refractivity contribution in [2.75, 3.05) is 20.7 Å². The Labute approximate surface area is 152 Å². The number of benzene rings is 2. The first-order valence-electron chi connectivity index (χ1n) is 8.19. The third-order valence-corrected chi connectivity index (χ3v) is 3.91. The zero-order valence-electron chi connectivity index (χ0n) is 15.1. The summed E-state index contributed by atoms with van der Waals surface area (Å²) >= 11 is 0. The second kappa shape index (κ2) is 8.80. The molecule has 0 aliphatic rings. The number of amides is 2. The summed E-state index contributed by atoms with van der Waals surface area (Å²) in [4.78, 5) is 36.5. The van der Waals surface area contributed by atoms with Crippen molar-refractivity contribution in [2.24, 2.45) is 0 Å². The Bertz CT molecular complexity index is 782. The van der Waals surface area contributed by atoms with Gasteiger partial charge in [0.25, 0.3) is 11.8 Å². The Morgan fingerprint density at radius 1 is 0.962 bits per heavy atom. The Kier molecular flexibility index (Phi) is 6.49. The van der Waals surface area contributed by atoms with Crippen molar-refractivity contribution in [3.8, 4) is 5.75 Å². The van der Waals surface area contributed by atoms with Gasteiger partial charge in [0.15, 0.2) is 12.4 Å². The van der Waals surface area contributed by atoms with E-state index in [1.807, 2.05) is 12.1 Å². The minimum atomic E-state index is -0.170. The van der Waals surface area contributed by atoms with Crippen molar-refractivity contribution < 1.29 is 19.1 Å². The standard InChI is InChI=1S/C20H22N2O4/c1-14(23)16-8-10-18(11-9-16)26-13-19(24)22(3)12-15-4-6-17(7-5-15)20(25)21-2/h4-11H,12-13H2,1-3H3,(H,21,25). The summed E-state index contributed by atoms with van der Waals surface area (Å²) < 4.78 is 5.47. The molecule has 6 nitrogen and oxygen atoms in total. The minimum absolute atomic E-state index is 0.0187. The lowest BCUT2D eigenvalue weighted by molar-refractivity contribution is -0.132. The quantitative estimate of drug-likeness (QED) is 0.774. The second-order valence-corrected chi connectivity index (χ2v) is 5.90. The third kappa shape index (κ3) is 5.17. The number of likely N-dealkylation sites (N-methyl/N-ethyl adjacent to an activating group) is 1. The maximum Gasteiger partial charge on any atom is 0.260 e. The Morgan fingerprint density at radius 3 is 2.08 bits per heavy atom. The molecule has 2 aromatic rings. The predicted molar refractivity (Wildman–Crippen MR) is 98.2 cm³/mol. The SMILES string of the molecule is CNC(=O)c1ccc(CN(C)C(=O)COc2ccc(C(C)=O)cc2)cc1. The number of hydrogen-bond donors (Lipinski definition) is 1. The summed E-state index contributed by atoms with van der Waals surface area (Å²) in [5.41, 5.74) is 2.09. The van der Waals surface area contributed by atoms with Crippen LogP contribution in [0.1, 0.15) is 33.2 Å². The Balaban J connectivity index is 1.87. The molecule has 26 heavy (non-hydrogen) atoms. The van der Waals surface area contributed by atoms with Crippen LogP contribution in [-0.4, -0.2) is 43.2 Å². The topological polar surface area (TPSA) is 75.7 Å². The Hall–Kier alpha value is -3.15. The van der Waals surface area contributed by atoms with Crippen molar-refractivity contribution in [3.63, 3.8) is 0 Å². The molecule has 136 valence electrons. The predicted octanol–water partition coefficient (Wildman–Crippen LogP) is 2.29. The number of hydrogen-bond acceptors (Lipinski definition) is 4. The first kappa shape index (κ1) is 19.2. The van der Waals surface area contributed by atoms with Gasteiger partial charge in [-0.2, -0.15) is 0 Å². The smallest absolute Gasteiger partial charge is 0.260 e. The number of Topliss-reactive ketones (excluding diaryl/α,β-unsaturated/α-hetero) is 1. The van der Waals surface area contributed by atoms with Gasteiger partial charge in [-0.25, -0.2) is 0 Å². The molecule has 0 saturated carbocycles. The van der Waals surface area contributed by atoms with Crippen LogP contribution in [0.3, 0.4) is 0 Å². The highest BCUT2D eigenvalue weighted by Gasteiger charge is 2.11. The molecular weight excluding hydrogens is 332 g/mol. The van der Waals surface area contributed by atoms with E-state index < -0.39 is 0 Å². The van der Waals surface area contributed by atoms with Gasteiger partial charge in [0.05, 0.1) is 0 Å². The van der Waals surface area contributed by atoms with Gasteiger partial charge < -0.3 is 15.0 Å². The molecule has 0 aliphatic carbocycles. The molecule has 0 spiro atoms. The van der Waals surface area contributed by atoms with Crippen LogP contribution in [0.15, 0.2) is 48.5 Å². The summed E-state index contributed by atoms with van der Waals surface area (Å²) in [6.07, 6.45) is 0. The maximum atomic E-state index is 12.2.